The van der Waals surface area contributed by atoms with E-state index in [1.807, 2.05) is 36.5 Å². The fraction of sp³-hybridized carbons (Fsp3) is 0.211. The van der Waals surface area contributed by atoms with E-state index in [1.54, 1.807) is 19.2 Å². The van der Waals surface area contributed by atoms with E-state index in [9.17, 15) is 4.39 Å². The molecule has 0 radical (unpaired) electrons. The molecule has 0 fully saturated rings. The maximum atomic E-state index is 13.9. The lowest BCUT2D eigenvalue weighted by atomic mass is 10.2. The van der Waals surface area contributed by atoms with Gasteiger partial charge in [-0.2, -0.15) is 0 Å². The number of aromatic nitrogens is 2. The van der Waals surface area contributed by atoms with Crippen molar-refractivity contribution in [3.8, 4) is 11.3 Å². The summed E-state index contributed by atoms with van der Waals surface area (Å²) in [7, 11) is 1.67. The molecule has 1 aromatic heterocycles. The minimum atomic E-state index is -0.242. The van der Waals surface area contributed by atoms with Gasteiger partial charge in [0, 0.05) is 30.2 Å². The number of methoxy groups -OCH3 is 1. The standard InChI is InChI=1S/C19H19BrFN3O/c1-25-10-9-24-18(14-5-3-2-4-6-14)13-23-19(24)22-12-15-11-16(20)7-8-17(15)21/h2-8,11,13H,9-10,12H2,1H3,(H,22,23). The van der Waals surface area contributed by atoms with Gasteiger partial charge in [-0.1, -0.05) is 46.3 Å². The van der Waals surface area contributed by atoms with Crippen molar-refractivity contribution in [2.45, 2.75) is 13.1 Å². The lowest BCUT2D eigenvalue weighted by Gasteiger charge is -2.13. The Balaban J connectivity index is 1.85. The fourth-order valence-corrected chi connectivity index (χ4v) is 3.03. The first-order valence-corrected chi connectivity index (χ1v) is 8.76. The van der Waals surface area contributed by atoms with Gasteiger partial charge in [0.05, 0.1) is 18.5 Å². The quantitative estimate of drug-likeness (QED) is 0.620. The number of nitrogens with zero attached hydrogens (tertiary/aromatic N) is 2. The van der Waals surface area contributed by atoms with Crippen molar-refractivity contribution in [1.82, 2.24) is 9.55 Å². The molecule has 0 aliphatic carbocycles. The molecule has 3 rings (SSSR count). The molecule has 0 atom stereocenters. The molecule has 6 heteroatoms. The molecule has 1 heterocycles. The van der Waals surface area contributed by atoms with Crippen LogP contribution in [0.4, 0.5) is 10.3 Å². The second-order valence-electron chi connectivity index (χ2n) is 5.57. The van der Waals surface area contributed by atoms with E-state index in [2.05, 4.69) is 30.8 Å². The second kappa shape index (κ2) is 8.27. The van der Waals surface area contributed by atoms with Gasteiger partial charge in [0.2, 0.25) is 5.95 Å². The minimum absolute atomic E-state index is 0.242. The molecule has 0 spiro atoms. The van der Waals surface area contributed by atoms with Crippen molar-refractivity contribution in [2.75, 3.05) is 19.0 Å². The Morgan fingerprint density at radius 2 is 2.00 bits per heavy atom. The zero-order chi connectivity index (χ0) is 17.6. The van der Waals surface area contributed by atoms with E-state index in [-0.39, 0.29) is 5.82 Å². The Kier molecular flexibility index (Phi) is 5.83. The third-order valence-corrected chi connectivity index (χ3v) is 4.38. The summed E-state index contributed by atoms with van der Waals surface area (Å²) in [6, 6.07) is 15.0. The smallest absolute Gasteiger partial charge is 0.203 e. The Hall–Kier alpha value is -2.18. The highest BCUT2D eigenvalue weighted by Crippen LogP contribution is 2.24. The highest BCUT2D eigenvalue weighted by molar-refractivity contribution is 9.10. The van der Waals surface area contributed by atoms with E-state index >= 15 is 0 Å². The van der Waals surface area contributed by atoms with Crippen LogP contribution in [0.15, 0.2) is 59.2 Å². The maximum absolute atomic E-state index is 13.9. The minimum Gasteiger partial charge on any atom is -0.383 e. The molecule has 0 saturated heterocycles. The van der Waals surface area contributed by atoms with Crippen LogP contribution < -0.4 is 5.32 Å². The van der Waals surface area contributed by atoms with Gasteiger partial charge in [-0.05, 0) is 23.8 Å². The Labute approximate surface area is 154 Å². The zero-order valence-corrected chi connectivity index (χ0v) is 15.5. The largest absolute Gasteiger partial charge is 0.383 e. The van der Waals surface area contributed by atoms with Crippen molar-refractivity contribution in [3.63, 3.8) is 0 Å². The van der Waals surface area contributed by atoms with Crippen molar-refractivity contribution in [1.29, 1.82) is 0 Å². The SMILES string of the molecule is COCCn1c(-c2ccccc2)cnc1NCc1cc(Br)ccc1F. The molecule has 0 aliphatic heterocycles. The number of anilines is 1. The van der Waals surface area contributed by atoms with Crippen LogP contribution in [0.2, 0.25) is 0 Å². The lowest BCUT2D eigenvalue weighted by Crippen LogP contribution is -2.12. The van der Waals surface area contributed by atoms with Crippen LogP contribution in [0.5, 0.6) is 0 Å². The van der Waals surface area contributed by atoms with Crippen LogP contribution in [-0.2, 0) is 17.8 Å². The van der Waals surface area contributed by atoms with E-state index in [1.165, 1.54) is 6.07 Å². The van der Waals surface area contributed by atoms with Crippen LogP contribution in [0, 0.1) is 5.82 Å². The van der Waals surface area contributed by atoms with E-state index < -0.39 is 0 Å². The number of halogens is 2. The van der Waals surface area contributed by atoms with Crippen LogP contribution in [0.1, 0.15) is 5.56 Å². The van der Waals surface area contributed by atoms with Gasteiger partial charge in [-0.3, -0.25) is 0 Å². The molecule has 3 aromatic rings. The molecule has 0 saturated carbocycles. The summed E-state index contributed by atoms with van der Waals surface area (Å²) in [4.78, 5) is 4.47. The predicted molar refractivity (Wildman–Crippen MR) is 101 cm³/mol. The fourth-order valence-electron chi connectivity index (χ4n) is 2.62. The van der Waals surface area contributed by atoms with Gasteiger partial charge in [-0.15, -0.1) is 0 Å². The van der Waals surface area contributed by atoms with Crippen molar-refractivity contribution in [3.05, 3.63) is 70.6 Å². The summed E-state index contributed by atoms with van der Waals surface area (Å²) >= 11 is 3.37. The van der Waals surface area contributed by atoms with E-state index in [0.717, 1.165) is 15.7 Å². The summed E-state index contributed by atoms with van der Waals surface area (Å²) in [6.07, 6.45) is 1.82. The topological polar surface area (TPSA) is 39.1 Å². The lowest BCUT2D eigenvalue weighted by molar-refractivity contribution is 0.188. The van der Waals surface area contributed by atoms with Gasteiger partial charge in [0.15, 0.2) is 0 Å². The first kappa shape index (κ1) is 17.6. The van der Waals surface area contributed by atoms with Crippen molar-refractivity contribution in [2.24, 2.45) is 0 Å². The summed E-state index contributed by atoms with van der Waals surface area (Å²) in [5, 5.41) is 3.23. The highest BCUT2D eigenvalue weighted by atomic mass is 79.9. The molecule has 0 amide bonds. The molecule has 0 bridgehead atoms. The van der Waals surface area contributed by atoms with Crippen LogP contribution in [0.25, 0.3) is 11.3 Å². The summed E-state index contributed by atoms with van der Waals surface area (Å²) < 4.78 is 22.0. The van der Waals surface area contributed by atoms with Gasteiger partial charge < -0.3 is 14.6 Å². The molecular weight excluding hydrogens is 385 g/mol. The molecular formula is C19H19BrFN3O. The molecule has 0 unspecified atom stereocenters. The third kappa shape index (κ3) is 4.27. The van der Waals surface area contributed by atoms with Gasteiger partial charge in [0.25, 0.3) is 0 Å². The Morgan fingerprint density at radius 1 is 1.20 bits per heavy atom. The third-order valence-electron chi connectivity index (χ3n) is 3.89. The van der Waals surface area contributed by atoms with Crippen molar-refractivity contribution < 1.29 is 9.13 Å². The second-order valence-corrected chi connectivity index (χ2v) is 6.48. The van der Waals surface area contributed by atoms with E-state index in [0.29, 0.717) is 31.2 Å². The first-order chi connectivity index (χ1) is 12.2. The number of benzene rings is 2. The zero-order valence-electron chi connectivity index (χ0n) is 13.9. The van der Waals surface area contributed by atoms with Crippen molar-refractivity contribution >= 4 is 21.9 Å². The van der Waals surface area contributed by atoms with Crippen LogP contribution >= 0.6 is 15.9 Å². The van der Waals surface area contributed by atoms with Gasteiger partial charge in [-0.25, -0.2) is 9.37 Å². The molecule has 0 aliphatic rings. The number of ether oxygens (including phenoxy) is 1. The normalized spacial score (nSPS) is 10.8. The van der Waals surface area contributed by atoms with Gasteiger partial charge in [0.1, 0.15) is 5.82 Å². The number of nitrogens with one attached hydrogen (secondary N) is 1. The predicted octanol–water partition coefficient (Wildman–Crippen LogP) is 4.71. The summed E-state index contributed by atoms with van der Waals surface area (Å²) in [5.74, 6) is 0.448. The Morgan fingerprint density at radius 3 is 2.76 bits per heavy atom. The summed E-state index contributed by atoms with van der Waals surface area (Å²) in [6.45, 7) is 1.57. The molecule has 2 aromatic carbocycles. The molecule has 1 N–H and O–H groups in total. The average Bonchev–Trinajstić information content (AvgIpc) is 3.04. The van der Waals surface area contributed by atoms with Crippen LogP contribution in [-0.4, -0.2) is 23.3 Å². The average molecular weight is 404 g/mol. The molecule has 25 heavy (non-hydrogen) atoms. The molecule has 130 valence electrons. The number of hydrogen-bond donors (Lipinski definition) is 1. The number of hydrogen-bond acceptors (Lipinski definition) is 3. The number of rotatable bonds is 7. The van der Waals surface area contributed by atoms with E-state index in [4.69, 9.17) is 4.74 Å². The number of imidazole rings is 1. The van der Waals surface area contributed by atoms with Gasteiger partial charge >= 0.3 is 0 Å². The maximum Gasteiger partial charge on any atom is 0.203 e. The van der Waals surface area contributed by atoms with Crippen LogP contribution in [0.3, 0.4) is 0 Å². The Bertz CT molecular complexity index is 836. The first-order valence-electron chi connectivity index (χ1n) is 7.96. The highest BCUT2D eigenvalue weighted by Gasteiger charge is 2.12. The molecule has 4 nitrogen and oxygen atoms in total. The monoisotopic (exact) mass is 403 g/mol. The summed E-state index contributed by atoms with van der Waals surface area (Å²) in [5.41, 5.74) is 2.65.